The summed E-state index contributed by atoms with van der Waals surface area (Å²) in [5.41, 5.74) is 1.54. The number of hydrogen-bond donors (Lipinski definition) is 1. The minimum Gasteiger partial charge on any atom is -0.478 e. The van der Waals surface area contributed by atoms with Crippen LogP contribution in [0.3, 0.4) is 0 Å². The lowest BCUT2D eigenvalue weighted by atomic mass is 10.0. The molecule has 1 aromatic heterocycles. The van der Waals surface area contributed by atoms with Crippen molar-refractivity contribution >= 4 is 5.97 Å². The number of aromatic carboxylic acids is 1. The van der Waals surface area contributed by atoms with E-state index >= 15 is 0 Å². The first-order chi connectivity index (χ1) is 10.3. The first kappa shape index (κ1) is 14.2. The zero-order valence-corrected chi connectivity index (χ0v) is 11.7. The van der Waals surface area contributed by atoms with E-state index in [1.807, 2.05) is 0 Å². The van der Waals surface area contributed by atoms with E-state index in [9.17, 15) is 13.6 Å². The summed E-state index contributed by atoms with van der Waals surface area (Å²) in [4.78, 5) is 15.4. The highest BCUT2D eigenvalue weighted by atomic mass is 19.3. The Balaban J connectivity index is 2.15. The maximum atomic E-state index is 13.2. The van der Waals surface area contributed by atoms with E-state index in [1.54, 1.807) is 19.9 Å². The van der Waals surface area contributed by atoms with Gasteiger partial charge in [-0.15, -0.1) is 8.78 Å². The fourth-order valence-corrected chi connectivity index (χ4v) is 2.46. The smallest absolute Gasteiger partial charge is 0.478 e. The van der Waals surface area contributed by atoms with Gasteiger partial charge in [0.1, 0.15) is 0 Å². The summed E-state index contributed by atoms with van der Waals surface area (Å²) in [5.74, 6) is -1.28. The van der Waals surface area contributed by atoms with Crippen molar-refractivity contribution < 1.29 is 28.2 Å². The summed E-state index contributed by atoms with van der Waals surface area (Å²) in [6.07, 6.45) is -3.72. The Kier molecular flexibility index (Phi) is 3.01. The molecule has 0 atom stereocenters. The van der Waals surface area contributed by atoms with Crippen LogP contribution < -0.4 is 9.47 Å². The third kappa shape index (κ3) is 2.24. The predicted molar refractivity (Wildman–Crippen MR) is 72.3 cm³/mol. The van der Waals surface area contributed by atoms with Gasteiger partial charge in [0.05, 0.1) is 17.0 Å². The number of halogens is 2. The van der Waals surface area contributed by atoms with Crippen molar-refractivity contribution in [3.63, 3.8) is 0 Å². The Labute approximate surface area is 124 Å². The predicted octanol–water partition coefficient (Wildman–Crippen LogP) is 3.39. The van der Waals surface area contributed by atoms with Gasteiger partial charge in [0.15, 0.2) is 11.5 Å². The lowest BCUT2D eigenvalue weighted by molar-refractivity contribution is -0.286. The lowest BCUT2D eigenvalue weighted by Gasteiger charge is -2.10. The molecule has 0 unspecified atom stereocenters. The molecule has 5 nitrogen and oxygen atoms in total. The Morgan fingerprint density at radius 1 is 1.27 bits per heavy atom. The number of carbonyl (C=O) groups is 1. The first-order valence-electron chi connectivity index (χ1n) is 6.39. The molecule has 3 rings (SSSR count). The molecule has 0 aliphatic carbocycles. The van der Waals surface area contributed by atoms with E-state index in [4.69, 9.17) is 5.11 Å². The molecule has 7 heteroatoms. The molecule has 1 aliphatic heterocycles. The minimum atomic E-state index is -3.72. The molecule has 0 radical (unpaired) electrons. The van der Waals surface area contributed by atoms with E-state index in [0.29, 0.717) is 22.5 Å². The number of hydrogen-bond acceptors (Lipinski definition) is 4. The Morgan fingerprint density at radius 2 is 2.00 bits per heavy atom. The number of benzene rings is 1. The van der Waals surface area contributed by atoms with Gasteiger partial charge in [-0.1, -0.05) is 6.07 Å². The van der Waals surface area contributed by atoms with Crippen LogP contribution in [0.2, 0.25) is 0 Å². The zero-order chi connectivity index (χ0) is 16.1. The molecular formula is C15H11F2NO4. The third-order valence-corrected chi connectivity index (χ3v) is 3.32. The van der Waals surface area contributed by atoms with Crippen LogP contribution in [0.25, 0.3) is 11.3 Å². The molecule has 1 aromatic carbocycles. The summed E-state index contributed by atoms with van der Waals surface area (Å²) in [5, 5.41) is 9.15. The van der Waals surface area contributed by atoms with E-state index in [1.165, 1.54) is 18.2 Å². The number of carboxylic acid groups (broad SMARTS) is 1. The van der Waals surface area contributed by atoms with Gasteiger partial charge in [0.25, 0.3) is 0 Å². The highest BCUT2D eigenvalue weighted by Gasteiger charge is 2.44. The van der Waals surface area contributed by atoms with Crippen LogP contribution in [0.5, 0.6) is 11.5 Å². The number of pyridine rings is 1. The van der Waals surface area contributed by atoms with Gasteiger partial charge in [-0.3, -0.25) is 4.98 Å². The van der Waals surface area contributed by atoms with Gasteiger partial charge >= 0.3 is 12.3 Å². The highest BCUT2D eigenvalue weighted by molar-refractivity contribution is 5.91. The Morgan fingerprint density at radius 3 is 2.64 bits per heavy atom. The molecule has 0 fully saturated rings. The second kappa shape index (κ2) is 4.66. The van der Waals surface area contributed by atoms with Crippen molar-refractivity contribution in [3.05, 3.63) is 41.1 Å². The fraction of sp³-hybridized carbons (Fsp3) is 0.200. The molecule has 0 amide bonds. The fourth-order valence-electron chi connectivity index (χ4n) is 2.46. The summed E-state index contributed by atoms with van der Waals surface area (Å²) < 4.78 is 35.4. The summed E-state index contributed by atoms with van der Waals surface area (Å²) in [6, 6.07) is 5.98. The molecule has 0 spiro atoms. The number of fused-ring (bicyclic) bond motifs is 1. The van der Waals surface area contributed by atoms with Crippen LogP contribution >= 0.6 is 0 Å². The van der Waals surface area contributed by atoms with Crippen LogP contribution in [0.1, 0.15) is 21.6 Å². The number of rotatable bonds is 2. The number of alkyl halides is 2. The average molecular weight is 307 g/mol. The van der Waals surface area contributed by atoms with Crippen LogP contribution in [0.15, 0.2) is 24.3 Å². The average Bonchev–Trinajstić information content (AvgIpc) is 2.70. The van der Waals surface area contributed by atoms with Gasteiger partial charge in [-0.05, 0) is 37.6 Å². The lowest BCUT2D eigenvalue weighted by Crippen LogP contribution is -2.26. The number of para-hydroxylation sites is 1. The number of ether oxygens (including phenoxy) is 2. The molecule has 1 aliphatic rings. The molecular weight excluding hydrogens is 296 g/mol. The van der Waals surface area contributed by atoms with Crippen molar-refractivity contribution in [1.29, 1.82) is 0 Å². The van der Waals surface area contributed by atoms with Crippen molar-refractivity contribution in [2.45, 2.75) is 20.1 Å². The summed E-state index contributed by atoms with van der Waals surface area (Å²) >= 11 is 0. The van der Waals surface area contributed by atoms with Crippen LogP contribution in [0.4, 0.5) is 8.78 Å². The van der Waals surface area contributed by atoms with E-state index in [-0.39, 0.29) is 17.1 Å². The van der Waals surface area contributed by atoms with Gasteiger partial charge in [-0.25, -0.2) is 4.79 Å². The molecule has 0 saturated carbocycles. The monoisotopic (exact) mass is 307 g/mol. The van der Waals surface area contributed by atoms with Crippen LogP contribution in [0, 0.1) is 13.8 Å². The summed E-state index contributed by atoms with van der Waals surface area (Å²) in [6.45, 7) is 3.17. The Bertz CT molecular complexity index is 766. The van der Waals surface area contributed by atoms with Gasteiger partial charge in [0, 0.05) is 5.56 Å². The zero-order valence-electron chi connectivity index (χ0n) is 11.7. The molecule has 2 aromatic rings. The molecule has 114 valence electrons. The Hall–Kier alpha value is -2.70. The normalized spacial score (nSPS) is 14.9. The second-order valence-electron chi connectivity index (χ2n) is 4.89. The number of nitrogens with zero attached hydrogens (tertiary/aromatic N) is 1. The third-order valence-electron chi connectivity index (χ3n) is 3.32. The minimum absolute atomic E-state index is 0.0816. The number of aromatic nitrogens is 1. The van der Waals surface area contributed by atoms with Crippen LogP contribution in [-0.2, 0) is 0 Å². The SMILES string of the molecule is Cc1cc(-c2cccc3c2OC(F)(F)O3)nc(C)c1C(=O)O. The second-order valence-corrected chi connectivity index (χ2v) is 4.89. The maximum Gasteiger partial charge on any atom is 0.586 e. The quantitative estimate of drug-likeness (QED) is 0.921. The van der Waals surface area contributed by atoms with Gasteiger partial charge < -0.3 is 14.6 Å². The molecule has 0 bridgehead atoms. The largest absolute Gasteiger partial charge is 0.586 e. The van der Waals surface area contributed by atoms with Gasteiger partial charge in [0.2, 0.25) is 0 Å². The van der Waals surface area contributed by atoms with E-state index < -0.39 is 12.3 Å². The standard InChI is InChI=1S/C15H11F2NO4/c1-7-6-10(18-8(2)12(7)14(19)20)9-4-3-5-11-13(9)22-15(16,17)21-11/h3-6H,1-2H3,(H,19,20). The van der Waals surface area contributed by atoms with Crippen molar-refractivity contribution in [2.75, 3.05) is 0 Å². The van der Waals surface area contributed by atoms with E-state index in [2.05, 4.69) is 14.5 Å². The van der Waals surface area contributed by atoms with Crippen molar-refractivity contribution in [1.82, 2.24) is 4.98 Å². The van der Waals surface area contributed by atoms with Crippen LogP contribution in [-0.4, -0.2) is 22.4 Å². The van der Waals surface area contributed by atoms with E-state index in [0.717, 1.165) is 0 Å². The number of carboxylic acids is 1. The van der Waals surface area contributed by atoms with Gasteiger partial charge in [-0.2, -0.15) is 0 Å². The topological polar surface area (TPSA) is 68.7 Å². The number of aryl methyl sites for hydroxylation is 2. The summed E-state index contributed by atoms with van der Waals surface area (Å²) in [7, 11) is 0. The molecule has 22 heavy (non-hydrogen) atoms. The van der Waals surface area contributed by atoms with Crippen molar-refractivity contribution in [2.24, 2.45) is 0 Å². The maximum absolute atomic E-state index is 13.2. The molecule has 1 N–H and O–H groups in total. The highest BCUT2D eigenvalue weighted by Crippen LogP contribution is 2.46. The first-order valence-corrected chi connectivity index (χ1v) is 6.39. The van der Waals surface area contributed by atoms with Crippen molar-refractivity contribution in [3.8, 4) is 22.8 Å². The molecule has 2 heterocycles. The molecule has 0 saturated heterocycles.